The summed E-state index contributed by atoms with van der Waals surface area (Å²) in [6.07, 6.45) is 5.86. The molecule has 0 spiro atoms. The van der Waals surface area contributed by atoms with Gasteiger partial charge in [-0.2, -0.15) is 8.78 Å². The Kier molecular flexibility index (Phi) is 4.76. The molecule has 4 fully saturated rings. The lowest BCUT2D eigenvalue weighted by molar-refractivity contribution is -0.176. The quantitative estimate of drug-likeness (QED) is 0.476. The van der Waals surface area contributed by atoms with Crippen molar-refractivity contribution in [3.8, 4) is 0 Å². The Hall–Kier alpha value is -0.970. The predicted octanol–water partition coefficient (Wildman–Crippen LogP) is 3.11. The molecule has 0 aromatic heterocycles. The molecule has 3 N–H and O–H groups in total. The summed E-state index contributed by atoms with van der Waals surface area (Å²) < 4.78 is 61.1. The lowest BCUT2D eigenvalue weighted by Gasteiger charge is -2.55. The minimum absolute atomic E-state index is 0.374. The van der Waals surface area contributed by atoms with Crippen LogP contribution in [0, 0.1) is 23.2 Å². The van der Waals surface area contributed by atoms with Crippen LogP contribution in [0.4, 0.5) is 8.78 Å². The highest BCUT2D eigenvalue weighted by atomic mass is 32.3. The summed E-state index contributed by atoms with van der Waals surface area (Å²) in [4.78, 5) is 23.6. The third-order valence-electron chi connectivity index (χ3n) is 5.60. The van der Waals surface area contributed by atoms with E-state index in [1.54, 1.807) is 0 Å². The van der Waals surface area contributed by atoms with Crippen molar-refractivity contribution >= 4 is 22.8 Å². The van der Waals surface area contributed by atoms with Crippen LogP contribution < -0.4 is 0 Å². The Balaban J connectivity index is 1.47. The van der Waals surface area contributed by atoms with E-state index in [4.69, 9.17) is 18.4 Å². The number of esters is 2. The fraction of sp³-hybridized carbons (Fsp3) is 0.867. The molecule has 0 heterocycles. The molecule has 144 valence electrons. The molecule has 25 heavy (non-hydrogen) atoms. The molecule has 4 aliphatic rings. The SMILES string of the molecule is O=C(OCCOC(=O)C(F)(F)S(O)(O)O)C12CC3CC(CC(C3)C1)C2. The van der Waals surface area contributed by atoms with E-state index in [-0.39, 0.29) is 5.97 Å². The van der Waals surface area contributed by atoms with Crippen LogP contribution in [0.1, 0.15) is 38.5 Å². The zero-order valence-corrected chi connectivity index (χ0v) is 14.3. The normalized spacial score (nSPS) is 34.7. The Morgan fingerprint density at radius 2 is 1.40 bits per heavy atom. The first-order valence-corrected chi connectivity index (χ1v) is 9.76. The van der Waals surface area contributed by atoms with Gasteiger partial charge in [0, 0.05) is 0 Å². The first-order valence-electron chi connectivity index (χ1n) is 8.26. The molecule has 0 aromatic rings. The molecular weight excluding hydrogens is 362 g/mol. The van der Waals surface area contributed by atoms with Gasteiger partial charge < -0.3 is 23.1 Å². The maximum absolute atomic E-state index is 13.1. The third-order valence-corrected chi connectivity index (χ3v) is 6.46. The highest BCUT2D eigenvalue weighted by Crippen LogP contribution is 2.60. The zero-order chi connectivity index (χ0) is 18.5. The molecule has 0 aromatic carbocycles. The average molecular weight is 384 g/mol. The third kappa shape index (κ3) is 3.49. The van der Waals surface area contributed by atoms with Crippen LogP contribution >= 0.6 is 10.9 Å². The predicted molar refractivity (Wildman–Crippen MR) is 82.9 cm³/mol. The Morgan fingerprint density at radius 1 is 0.960 bits per heavy atom. The van der Waals surface area contributed by atoms with Gasteiger partial charge in [0.05, 0.1) is 5.41 Å². The maximum atomic E-state index is 13.1. The van der Waals surface area contributed by atoms with Crippen LogP contribution in [0.3, 0.4) is 0 Å². The molecule has 4 aliphatic carbocycles. The molecule has 4 saturated carbocycles. The second-order valence-electron chi connectivity index (χ2n) is 7.51. The Morgan fingerprint density at radius 3 is 1.84 bits per heavy atom. The van der Waals surface area contributed by atoms with Crippen LogP contribution in [-0.2, 0) is 19.1 Å². The molecule has 4 bridgehead atoms. The number of carbonyl (C=O) groups excluding carboxylic acids is 2. The monoisotopic (exact) mass is 384 g/mol. The van der Waals surface area contributed by atoms with E-state index in [0.717, 1.165) is 38.5 Å². The van der Waals surface area contributed by atoms with Gasteiger partial charge in [0.15, 0.2) is 10.9 Å². The van der Waals surface area contributed by atoms with Gasteiger partial charge in [-0.05, 0) is 56.3 Å². The molecule has 0 saturated heterocycles. The minimum atomic E-state index is -5.40. The lowest BCUT2D eigenvalue weighted by atomic mass is 9.49. The van der Waals surface area contributed by atoms with Gasteiger partial charge in [0.1, 0.15) is 13.2 Å². The first kappa shape index (κ1) is 18.8. The van der Waals surface area contributed by atoms with Crippen molar-refractivity contribution in [2.24, 2.45) is 23.2 Å². The Bertz CT molecular complexity index is 525. The Labute approximate surface area is 145 Å². The van der Waals surface area contributed by atoms with E-state index in [0.29, 0.717) is 17.8 Å². The molecule has 10 heteroatoms. The zero-order valence-electron chi connectivity index (χ0n) is 13.5. The van der Waals surface area contributed by atoms with Gasteiger partial charge in [-0.1, -0.05) is 0 Å². The largest absolute Gasteiger partial charge is 0.462 e. The lowest BCUT2D eigenvalue weighted by Crippen LogP contribution is -2.50. The van der Waals surface area contributed by atoms with E-state index in [1.165, 1.54) is 0 Å². The van der Waals surface area contributed by atoms with Crippen molar-refractivity contribution in [1.29, 1.82) is 0 Å². The minimum Gasteiger partial charge on any atom is -0.462 e. The summed E-state index contributed by atoms with van der Waals surface area (Å²) in [7, 11) is -5.40. The fourth-order valence-electron chi connectivity index (χ4n) is 4.98. The number of alkyl halides is 2. The van der Waals surface area contributed by atoms with Crippen LogP contribution in [0.25, 0.3) is 0 Å². The number of halogens is 2. The van der Waals surface area contributed by atoms with Gasteiger partial charge in [0.25, 0.3) is 0 Å². The highest BCUT2D eigenvalue weighted by Gasteiger charge is 2.57. The van der Waals surface area contributed by atoms with Crippen LogP contribution in [0.2, 0.25) is 0 Å². The van der Waals surface area contributed by atoms with E-state index in [2.05, 4.69) is 4.74 Å². The van der Waals surface area contributed by atoms with Crippen molar-refractivity contribution in [3.63, 3.8) is 0 Å². The fourth-order valence-corrected chi connectivity index (χ4v) is 5.26. The molecule has 0 radical (unpaired) electrons. The molecule has 0 atom stereocenters. The number of hydrogen-bond acceptors (Lipinski definition) is 7. The molecular formula is C15H22F2O7S. The maximum Gasteiger partial charge on any atom is 0.436 e. The number of carbonyl (C=O) groups is 2. The smallest absolute Gasteiger partial charge is 0.436 e. The number of hydrogen-bond donors (Lipinski definition) is 3. The van der Waals surface area contributed by atoms with Crippen molar-refractivity contribution in [3.05, 3.63) is 0 Å². The summed E-state index contributed by atoms with van der Waals surface area (Å²) in [5, 5.41) is -4.82. The van der Waals surface area contributed by atoms with Gasteiger partial charge in [-0.3, -0.25) is 4.79 Å². The summed E-state index contributed by atoms with van der Waals surface area (Å²) in [6, 6.07) is 0. The van der Waals surface area contributed by atoms with Gasteiger partial charge >= 0.3 is 17.2 Å². The summed E-state index contributed by atoms with van der Waals surface area (Å²) in [6.45, 7) is -1.05. The van der Waals surface area contributed by atoms with Crippen molar-refractivity contribution in [1.82, 2.24) is 0 Å². The second-order valence-corrected chi connectivity index (χ2v) is 9.06. The van der Waals surface area contributed by atoms with E-state index < -0.39 is 40.7 Å². The average Bonchev–Trinajstić information content (AvgIpc) is 2.48. The van der Waals surface area contributed by atoms with E-state index >= 15 is 0 Å². The topological polar surface area (TPSA) is 113 Å². The van der Waals surface area contributed by atoms with Gasteiger partial charge in [-0.15, -0.1) is 0 Å². The number of rotatable bonds is 6. The standard InChI is InChI=1S/C15H22F2O7S/c16-15(17,25(20,21)22)13(19)24-2-1-23-12(18)14-6-9-3-10(7-14)5-11(4-9)8-14/h9-11,20-22H,1-8H2. The molecule has 7 nitrogen and oxygen atoms in total. The van der Waals surface area contributed by atoms with Crippen molar-refractivity contribution in [2.75, 3.05) is 13.2 Å². The number of ether oxygens (including phenoxy) is 2. The first-order chi connectivity index (χ1) is 11.5. The van der Waals surface area contributed by atoms with Crippen molar-refractivity contribution < 1.29 is 41.5 Å². The molecule has 0 amide bonds. The van der Waals surface area contributed by atoms with Crippen LogP contribution in [-0.4, -0.2) is 44.1 Å². The summed E-state index contributed by atoms with van der Waals surface area (Å²) in [5.41, 5.74) is -0.497. The van der Waals surface area contributed by atoms with E-state index in [1.807, 2.05) is 0 Å². The molecule has 0 aliphatic heterocycles. The second kappa shape index (κ2) is 6.33. The van der Waals surface area contributed by atoms with Crippen LogP contribution in [0.15, 0.2) is 0 Å². The summed E-state index contributed by atoms with van der Waals surface area (Å²) in [5.74, 6) is -1.01. The summed E-state index contributed by atoms with van der Waals surface area (Å²) >= 11 is 0. The molecule has 0 unspecified atom stereocenters. The van der Waals surface area contributed by atoms with E-state index in [9.17, 15) is 18.4 Å². The van der Waals surface area contributed by atoms with Gasteiger partial charge in [-0.25, -0.2) is 4.79 Å². The molecule has 4 rings (SSSR count). The van der Waals surface area contributed by atoms with Crippen molar-refractivity contribution in [2.45, 2.75) is 43.8 Å². The highest BCUT2D eigenvalue weighted by molar-refractivity contribution is 8.20. The van der Waals surface area contributed by atoms with Crippen LogP contribution in [0.5, 0.6) is 0 Å². The van der Waals surface area contributed by atoms with Gasteiger partial charge in [0.2, 0.25) is 0 Å².